The van der Waals surface area contributed by atoms with Gasteiger partial charge in [-0.3, -0.25) is 0 Å². The summed E-state index contributed by atoms with van der Waals surface area (Å²) in [6, 6.07) is 2.08. The lowest BCUT2D eigenvalue weighted by Gasteiger charge is -1.95. The smallest absolute Gasteiger partial charge is 0.0221 e. The highest BCUT2D eigenvalue weighted by atomic mass is 14.7. The van der Waals surface area contributed by atoms with Gasteiger partial charge >= 0.3 is 0 Å². The van der Waals surface area contributed by atoms with Gasteiger partial charge in [0.1, 0.15) is 0 Å². The maximum Gasteiger partial charge on any atom is 0.0221 e. The number of hydrogen-bond acceptors (Lipinski definition) is 0. The Hall–Kier alpha value is -1.24. The van der Waals surface area contributed by atoms with Crippen molar-refractivity contribution in [3.63, 3.8) is 0 Å². The van der Waals surface area contributed by atoms with Crippen molar-refractivity contribution in [2.45, 2.75) is 12.8 Å². The summed E-state index contributed by atoms with van der Waals surface area (Å²) < 4.78 is 0. The molecule has 0 saturated heterocycles. The highest BCUT2D eigenvalue weighted by Gasteiger charge is 1.98. The van der Waals surface area contributed by atoms with Gasteiger partial charge in [-0.05, 0) is 18.1 Å². The van der Waals surface area contributed by atoms with Crippen molar-refractivity contribution >= 4 is 0 Å². The molecule has 1 N–H and O–H groups in total. The molecule has 1 heterocycles. The van der Waals surface area contributed by atoms with Gasteiger partial charge in [-0.25, -0.2) is 0 Å². The number of allylic oxidation sites excluding steroid dienone is 2. The minimum atomic E-state index is 0.913. The van der Waals surface area contributed by atoms with Gasteiger partial charge in [0.2, 0.25) is 0 Å². The van der Waals surface area contributed by atoms with Crippen molar-refractivity contribution in [1.82, 2.24) is 4.98 Å². The fraction of sp³-hybridized carbons (Fsp3) is 0.200. The summed E-state index contributed by atoms with van der Waals surface area (Å²) in [7, 11) is 0. The molecule has 11 heavy (non-hydrogen) atoms. The molecule has 1 aromatic rings. The molecule has 58 valence electrons. The third-order valence-corrected chi connectivity index (χ3v) is 1.64. The summed E-state index contributed by atoms with van der Waals surface area (Å²) in [6.07, 6.45) is 7.62. The lowest BCUT2D eigenvalue weighted by molar-refractivity contribution is 1.10. The number of nitrogens with one attached hydrogen (secondary N) is 1. The van der Waals surface area contributed by atoms with Crippen molar-refractivity contribution in [2.24, 2.45) is 0 Å². The maximum absolute atomic E-state index is 3.70. The van der Waals surface area contributed by atoms with Crippen LogP contribution in [0.1, 0.15) is 11.3 Å². The van der Waals surface area contributed by atoms with Crippen molar-refractivity contribution in [2.75, 3.05) is 0 Å². The molecule has 1 rings (SSSR count). The van der Waals surface area contributed by atoms with E-state index in [9.17, 15) is 0 Å². The first-order valence-electron chi connectivity index (χ1n) is 3.75. The highest BCUT2D eigenvalue weighted by molar-refractivity contribution is 5.24. The van der Waals surface area contributed by atoms with E-state index in [1.807, 2.05) is 18.3 Å². The predicted octanol–water partition coefficient (Wildman–Crippen LogP) is 2.47. The second-order valence-electron chi connectivity index (χ2n) is 2.47. The second kappa shape index (κ2) is 3.81. The molecule has 0 aliphatic carbocycles. The summed E-state index contributed by atoms with van der Waals surface area (Å²) in [5.41, 5.74) is 2.57. The van der Waals surface area contributed by atoms with E-state index in [1.54, 1.807) is 0 Å². The average molecular weight is 147 g/mol. The van der Waals surface area contributed by atoms with Crippen LogP contribution < -0.4 is 0 Å². The van der Waals surface area contributed by atoms with Crippen LogP contribution in [0, 0.1) is 0 Å². The fourth-order valence-electron chi connectivity index (χ4n) is 1.12. The predicted molar refractivity (Wildman–Crippen MR) is 48.6 cm³/mol. The molecular weight excluding hydrogens is 134 g/mol. The zero-order valence-electron chi connectivity index (χ0n) is 6.64. The van der Waals surface area contributed by atoms with Crippen molar-refractivity contribution < 1.29 is 0 Å². The van der Waals surface area contributed by atoms with Gasteiger partial charge in [0.25, 0.3) is 0 Å². The van der Waals surface area contributed by atoms with Crippen LogP contribution in [0.25, 0.3) is 0 Å². The van der Waals surface area contributed by atoms with E-state index < -0.39 is 0 Å². The van der Waals surface area contributed by atoms with E-state index in [0.29, 0.717) is 0 Å². The lowest BCUT2D eigenvalue weighted by atomic mass is 10.1. The molecule has 1 aromatic heterocycles. The summed E-state index contributed by atoms with van der Waals surface area (Å²) in [5, 5.41) is 0. The van der Waals surface area contributed by atoms with Crippen molar-refractivity contribution in [3.8, 4) is 0 Å². The summed E-state index contributed by atoms with van der Waals surface area (Å²) in [4.78, 5) is 3.17. The number of H-pyrrole nitrogens is 1. The Morgan fingerprint density at radius 2 is 2.00 bits per heavy atom. The molecule has 0 bridgehead atoms. The molecule has 0 atom stereocenters. The van der Waals surface area contributed by atoms with Crippen molar-refractivity contribution in [1.29, 1.82) is 0 Å². The van der Waals surface area contributed by atoms with Crippen LogP contribution in [0.4, 0.5) is 0 Å². The first-order chi connectivity index (χ1) is 5.38. The second-order valence-corrected chi connectivity index (χ2v) is 2.47. The van der Waals surface area contributed by atoms with Gasteiger partial charge in [-0.1, -0.05) is 12.2 Å². The Balaban J connectivity index is 2.76. The number of hydrogen-bond donors (Lipinski definition) is 1. The van der Waals surface area contributed by atoms with Crippen LogP contribution in [-0.2, 0) is 12.8 Å². The molecule has 0 aliphatic rings. The van der Waals surface area contributed by atoms with E-state index in [-0.39, 0.29) is 0 Å². The SMILES string of the molecule is C=CCc1cc[nH]c1CC=C. The minimum absolute atomic E-state index is 0.913. The Labute approximate surface area is 67.5 Å². The molecular formula is C10H13N. The van der Waals surface area contributed by atoms with E-state index in [2.05, 4.69) is 24.2 Å². The third kappa shape index (κ3) is 1.84. The summed E-state index contributed by atoms with van der Waals surface area (Å²) >= 11 is 0. The lowest BCUT2D eigenvalue weighted by Crippen LogP contribution is -1.87. The van der Waals surface area contributed by atoms with E-state index in [4.69, 9.17) is 0 Å². The van der Waals surface area contributed by atoms with E-state index >= 15 is 0 Å². The van der Waals surface area contributed by atoms with Gasteiger partial charge in [-0.2, -0.15) is 0 Å². The first kappa shape index (κ1) is 7.86. The number of rotatable bonds is 4. The zero-order valence-corrected chi connectivity index (χ0v) is 6.64. The van der Waals surface area contributed by atoms with E-state index in [1.165, 1.54) is 11.3 Å². The number of aromatic nitrogens is 1. The van der Waals surface area contributed by atoms with Gasteiger partial charge in [-0.15, -0.1) is 13.2 Å². The average Bonchev–Trinajstić information content (AvgIpc) is 2.39. The Morgan fingerprint density at radius 1 is 1.27 bits per heavy atom. The third-order valence-electron chi connectivity index (χ3n) is 1.64. The van der Waals surface area contributed by atoms with Crippen molar-refractivity contribution in [3.05, 3.63) is 48.8 Å². The molecule has 0 radical (unpaired) electrons. The van der Waals surface area contributed by atoms with Crippen LogP contribution in [0.2, 0.25) is 0 Å². The molecule has 0 unspecified atom stereocenters. The quantitative estimate of drug-likeness (QED) is 0.630. The Kier molecular flexibility index (Phi) is 2.73. The van der Waals surface area contributed by atoms with Gasteiger partial charge in [0.05, 0.1) is 0 Å². The highest BCUT2D eigenvalue weighted by Crippen LogP contribution is 2.08. The van der Waals surface area contributed by atoms with Crippen LogP contribution >= 0.6 is 0 Å². The Bertz CT molecular complexity index is 221. The molecule has 1 heteroatoms. The molecule has 0 spiro atoms. The maximum atomic E-state index is 3.70. The summed E-state index contributed by atoms with van der Waals surface area (Å²) in [5.74, 6) is 0. The standard InChI is InChI=1S/C10H13N/c1-3-5-9-7-8-11-10(9)6-4-2/h3-4,7-8,11H,1-2,5-6H2. The molecule has 0 aliphatic heterocycles. The normalized spacial score (nSPS) is 9.45. The van der Waals surface area contributed by atoms with E-state index in [0.717, 1.165) is 12.8 Å². The van der Waals surface area contributed by atoms with Gasteiger partial charge in [0, 0.05) is 18.3 Å². The molecule has 0 saturated carbocycles. The molecule has 0 amide bonds. The van der Waals surface area contributed by atoms with Crippen LogP contribution in [0.15, 0.2) is 37.6 Å². The monoisotopic (exact) mass is 147 g/mol. The fourth-order valence-corrected chi connectivity index (χ4v) is 1.12. The minimum Gasteiger partial charge on any atom is -0.364 e. The zero-order chi connectivity index (χ0) is 8.10. The molecule has 0 aromatic carbocycles. The summed E-state index contributed by atoms with van der Waals surface area (Å²) in [6.45, 7) is 7.39. The topological polar surface area (TPSA) is 15.8 Å². The van der Waals surface area contributed by atoms with Crippen LogP contribution in [0.5, 0.6) is 0 Å². The largest absolute Gasteiger partial charge is 0.364 e. The van der Waals surface area contributed by atoms with Gasteiger partial charge in [0.15, 0.2) is 0 Å². The Morgan fingerprint density at radius 3 is 2.64 bits per heavy atom. The number of aromatic amines is 1. The molecule has 1 nitrogen and oxygen atoms in total. The van der Waals surface area contributed by atoms with Crippen LogP contribution in [-0.4, -0.2) is 4.98 Å². The van der Waals surface area contributed by atoms with Crippen LogP contribution in [0.3, 0.4) is 0 Å². The van der Waals surface area contributed by atoms with Gasteiger partial charge < -0.3 is 4.98 Å². The molecule has 0 fully saturated rings. The first-order valence-corrected chi connectivity index (χ1v) is 3.75.